The minimum atomic E-state index is 0.0181. The first kappa shape index (κ1) is 14.9. The van der Waals surface area contributed by atoms with E-state index in [1.165, 1.54) is 12.8 Å². The normalized spacial score (nSPS) is 15.9. The van der Waals surface area contributed by atoms with Gasteiger partial charge in [0.2, 0.25) is 0 Å². The largest absolute Gasteiger partial charge is 0.508 e. The number of phenolic OH excluding ortho intramolecular Hbond substituents is 1. The van der Waals surface area contributed by atoms with E-state index < -0.39 is 0 Å². The Bertz CT molecular complexity index is 483. The lowest BCUT2D eigenvalue weighted by Crippen LogP contribution is -2.42. The molecule has 110 valence electrons. The Morgan fingerprint density at radius 2 is 2.20 bits per heavy atom. The van der Waals surface area contributed by atoms with E-state index in [4.69, 9.17) is 4.74 Å². The lowest BCUT2D eigenvalue weighted by atomic mass is 10.1. The number of carbonyl (C=O) groups excluding carboxylic acids is 1. The Morgan fingerprint density at radius 1 is 1.50 bits per heavy atom. The average Bonchev–Trinajstić information content (AvgIpc) is 3.26. The van der Waals surface area contributed by atoms with Crippen LogP contribution in [0.2, 0.25) is 0 Å². The topological polar surface area (TPSA) is 49.8 Å². The van der Waals surface area contributed by atoms with Gasteiger partial charge < -0.3 is 14.7 Å². The Morgan fingerprint density at radius 3 is 2.75 bits per heavy atom. The highest BCUT2D eigenvalue weighted by Crippen LogP contribution is 2.35. The van der Waals surface area contributed by atoms with Gasteiger partial charge in [0.25, 0.3) is 5.91 Å². The predicted octanol–water partition coefficient (Wildman–Crippen LogP) is 2.59. The van der Waals surface area contributed by atoms with Gasteiger partial charge in [0.15, 0.2) is 0 Å². The fraction of sp³-hybridized carbons (Fsp3) is 0.562. The van der Waals surface area contributed by atoms with Crippen LogP contribution in [0.5, 0.6) is 5.75 Å². The van der Waals surface area contributed by atoms with Gasteiger partial charge in [0.1, 0.15) is 5.75 Å². The fourth-order valence-corrected chi connectivity index (χ4v) is 2.47. The molecular weight excluding hydrogens is 254 g/mol. The second kappa shape index (κ2) is 6.27. The maximum absolute atomic E-state index is 12.7. The van der Waals surface area contributed by atoms with Gasteiger partial charge in [-0.15, -0.1) is 0 Å². The number of aryl methyl sites for hydroxylation is 1. The zero-order chi connectivity index (χ0) is 14.7. The molecule has 0 bridgehead atoms. The number of carbonyl (C=O) groups is 1. The first-order chi connectivity index (χ1) is 9.54. The number of amides is 1. The van der Waals surface area contributed by atoms with Crippen molar-refractivity contribution < 1.29 is 14.6 Å². The first-order valence-electron chi connectivity index (χ1n) is 7.14. The van der Waals surface area contributed by atoms with Crippen molar-refractivity contribution in [2.24, 2.45) is 5.92 Å². The summed E-state index contributed by atoms with van der Waals surface area (Å²) < 4.78 is 5.12. The highest BCUT2D eigenvalue weighted by atomic mass is 16.5. The molecule has 2 rings (SSSR count). The van der Waals surface area contributed by atoms with Crippen LogP contribution in [0.3, 0.4) is 0 Å². The molecule has 0 aromatic heterocycles. The third kappa shape index (κ3) is 3.31. The standard InChI is InChI=1S/C16H23NO3/c1-11-10-14(6-7-15(11)18)16(19)17(8-9-20-3)12(2)13-4-5-13/h6-7,10,12-13,18H,4-5,8-9H2,1-3H3. The maximum atomic E-state index is 12.7. The number of hydrogen-bond donors (Lipinski definition) is 1. The third-order valence-electron chi connectivity index (χ3n) is 4.04. The van der Waals surface area contributed by atoms with Gasteiger partial charge in [0.05, 0.1) is 6.61 Å². The molecule has 1 amide bonds. The maximum Gasteiger partial charge on any atom is 0.254 e. The van der Waals surface area contributed by atoms with Gasteiger partial charge in [-0.05, 0) is 56.4 Å². The predicted molar refractivity (Wildman–Crippen MR) is 77.9 cm³/mol. The monoisotopic (exact) mass is 277 g/mol. The van der Waals surface area contributed by atoms with Gasteiger partial charge in [-0.2, -0.15) is 0 Å². The van der Waals surface area contributed by atoms with Gasteiger partial charge in [0, 0.05) is 25.3 Å². The molecule has 0 spiro atoms. The van der Waals surface area contributed by atoms with Crippen LogP contribution in [-0.4, -0.2) is 42.2 Å². The molecule has 1 N–H and O–H groups in total. The summed E-state index contributed by atoms with van der Waals surface area (Å²) in [7, 11) is 1.65. The number of hydrogen-bond acceptors (Lipinski definition) is 3. The van der Waals surface area contributed by atoms with Gasteiger partial charge in [-0.1, -0.05) is 0 Å². The molecule has 0 saturated heterocycles. The molecule has 1 aromatic carbocycles. The van der Waals surface area contributed by atoms with Crippen molar-refractivity contribution in [1.82, 2.24) is 4.90 Å². The summed E-state index contributed by atoms with van der Waals surface area (Å²) in [6.45, 7) is 5.06. The molecule has 0 radical (unpaired) electrons. The quantitative estimate of drug-likeness (QED) is 0.869. The van der Waals surface area contributed by atoms with E-state index in [1.807, 2.05) is 4.90 Å². The summed E-state index contributed by atoms with van der Waals surface area (Å²) in [5.74, 6) is 0.860. The summed E-state index contributed by atoms with van der Waals surface area (Å²) in [4.78, 5) is 14.6. The minimum Gasteiger partial charge on any atom is -0.508 e. The highest BCUT2D eigenvalue weighted by molar-refractivity contribution is 5.94. The zero-order valence-corrected chi connectivity index (χ0v) is 12.4. The van der Waals surface area contributed by atoms with Crippen LogP contribution >= 0.6 is 0 Å². The molecule has 0 heterocycles. The first-order valence-corrected chi connectivity index (χ1v) is 7.14. The second-order valence-corrected chi connectivity index (χ2v) is 5.57. The number of methoxy groups -OCH3 is 1. The number of aromatic hydroxyl groups is 1. The molecule has 4 heteroatoms. The van der Waals surface area contributed by atoms with Gasteiger partial charge >= 0.3 is 0 Å². The van der Waals surface area contributed by atoms with Crippen molar-refractivity contribution in [2.75, 3.05) is 20.3 Å². The van der Waals surface area contributed by atoms with E-state index in [2.05, 4.69) is 6.92 Å². The van der Waals surface area contributed by atoms with Crippen molar-refractivity contribution >= 4 is 5.91 Å². The molecule has 1 atom stereocenters. The Kier molecular flexibility index (Phi) is 4.65. The summed E-state index contributed by atoms with van der Waals surface area (Å²) in [5, 5.41) is 9.57. The summed E-state index contributed by atoms with van der Waals surface area (Å²) in [6, 6.07) is 5.26. The molecule has 1 saturated carbocycles. The molecule has 20 heavy (non-hydrogen) atoms. The van der Waals surface area contributed by atoms with Crippen molar-refractivity contribution in [3.05, 3.63) is 29.3 Å². The van der Waals surface area contributed by atoms with Crippen LogP contribution in [0, 0.1) is 12.8 Å². The fourth-order valence-electron chi connectivity index (χ4n) is 2.47. The van der Waals surface area contributed by atoms with Crippen LogP contribution in [0.4, 0.5) is 0 Å². The van der Waals surface area contributed by atoms with E-state index in [0.717, 1.165) is 5.56 Å². The Labute approximate surface area is 120 Å². The molecule has 1 unspecified atom stereocenters. The van der Waals surface area contributed by atoms with Crippen LogP contribution in [-0.2, 0) is 4.74 Å². The van der Waals surface area contributed by atoms with Crippen molar-refractivity contribution in [2.45, 2.75) is 32.7 Å². The molecular formula is C16H23NO3. The summed E-state index contributed by atoms with van der Waals surface area (Å²) in [6.07, 6.45) is 2.40. The smallest absolute Gasteiger partial charge is 0.254 e. The average molecular weight is 277 g/mol. The van der Waals surface area contributed by atoms with Crippen molar-refractivity contribution in [3.8, 4) is 5.75 Å². The molecule has 1 aromatic rings. The summed E-state index contributed by atoms with van der Waals surface area (Å²) in [5.41, 5.74) is 1.35. The van der Waals surface area contributed by atoms with E-state index in [-0.39, 0.29) is 17.7 Å². The second-order valence-electron chi connectivity index (χ2n) is 5.57. The Balaban J connectivity index is 2.17. The molecule has 1 fully saturated rings. The van der Waals surface area contributed by atoms with E-state index in [0.29, 0.717) is 24.6 Å². The Hall–Kier alpha value is -1.55. The highest BCUT2D eigenvalue weighted by Gasteiger charge is 2.34. The number of benzene rings is 1. The molecule has 1 aliphatic carbocycles. The van der Waals surface area contributed by atoms with E-state index >= 15 is 0 Å². The molecule has 0 aliphatic heterocycles. The number of nitrogens with zero attached hydrogens (tertiary/aromatic N) is 1. The van der Waals surface area contributed by atoms with Crippen LogP contribution in [0.15, 0.2) is 18.2 Å². The minimum absolute atomic E-state index is 0.0181. The zero-order valence-electron chi connectivity index (χ0n) is 12.4. The lowest BCUT2D eigenvalue weighted by Gasteiger charge is -2.29. The van der Waals surface area contributed by atoms with Crippen molar-refractivity contribution in [1.29, 1.82) is 0 Å². The lowest BCUT2D eigenvalue weighted by molar-refractivity contribution is 0.0594. The van der Waals surface area contributed by atoms with E-state index in [1.54, 1.807) is 32.2 Å². The SMILES string of the molecule is COCCN(C(=O)c1ccc(O)c(C)c1)C(C)C1CC1. The molecule has 4 nitrogen and oxygen atoms in total. The number of ether oxygens (including phenoxy) is 1. The van der Waals surface area contributed by atoms with Crippen LogP contribution < -0.4 is 0 Å². The third-order valence-corrected chi connectivity index (χ3v) is 4.04. The number of phenols is 1. The number of rotatable bonds is 6. The van der Waals surface area contributed by atoms with Crippen LogP contribution in [0.25, 0.3) is 0 Å². The molecule has 1 aliphatic rings. The van der Waals surface area contributed by atoms with Crippen molar-refractivity contribution in [3.63, 3.8) is 0 Å². The van der Waals surface area contributed by atoms with Gasteiger partial charge in [-0.25, -0.2) is 0 Å². The summed E-state index contributed by atoms with van der Waals surface area (Å²) >= 11 is 0. The van der Waals surface area contributed by atoms with Crippen LogP contribution in [0.1, 0.15) is 35.7 Å². The van der Waals surface area contributed by atoms with E-state index in [9.17, 15) is 9.90 Å². The van der Waals surface area contributed by atoms with Gasteiger partial charge in [-0.3, -0.25) is 4.79 Å².